The molecule has 0 aromatic carbocycles. The minimum atomic E-state index is -5.45. The highest BCUT2D eigenvalue weighted by Gasteiger charge is 2.85. The van der Waals surface area contributed by atoms with Crippen molar-refractivity contribution in [2.75, 3.05) is 11.5 Å². The summed E-state index contributed by atoms with van der Waals surface area (Å²) in [4.78, 5) is 1.48. The molecule has 9 heteroatoms. The maximum Gasteiger partial charge on any atom is 0.380 e. The summed E-state index contributed by atoms with van der Waals surface area (Å²) in [6, 6.07) is 0. The van der Waals surface area contributed by atoms with Crippen LogP contribution in [0.2, 0.25) is 0 Å². The first kappa shape index (κ1) is 19.5. The zero-order valence-corrected chi connectivity index (χ0v) is 17.9. The molecule has 0 spiro atoms. The van der Waals surface area contributed by atoms with Crippen molar-refractivity contribution in [3.63, 3.8) is 0 Å². The number of alkyl halides is 6. The topological polar surface area (TPSA) is 0 Å². The van der Waals surface area contributed by atoms with E-state index in [1.807, 2.05) is 0 Å². The SMILES string of the molecule is CC1=C2CSCC3=C(C)SC4=C5C(=C(S1)C2(C)C34C)C(F)(F)C(F)(F)C5(F)F. The summed E-state index contributed by atoms with van der Waals surface area (Å²) in [5, 5.41) is 0. The van der Waals surface area contributed by atoms with Crippen LogP contribution in [0.3, 0.4) is 0 Å². The molecular formula is C19H16F6S3. The van der Waals surface area contributed by atoms with Crippen LogP contribution in [-0.4, -0.2) is 29.3 Å². The summed E-state index contributed by atoms with van der Waals surface area (Å²) in [5.41, 5.74) is -2.51. The van der Waals surface area contributed by atoms with Crippen molar-refractivity contribution < 1.29 is 26.3 Å². The average molecular weight is 455 g/mol. The quantitative estimate of drug-likeness (QED) is 0.355. The highest BCUT2D eigenvalue weighted by molar-refractivity contribution is 8.08. The Labute approximate surface area is 171 Å². The van der Waals surface area contributed by atoms with Crippen LogP contribution in [0.1, 0.15) is 27.7 Å². The van der Waals surface area contributed by atoms with Crippen molar-refractivity contribution in [3.8, 4) is 0 Å². The van der Waals surface area contributed by atoms with Gasteiger partial charge in [-0.2, -0.15) is 38.1 Å². The monoisotopic (exact) mass is 454 g/mol. The van der Waals surface area contributed by atoms with E-state index in [4.69, 9.17) is 0 Å². The van der Waals surface area contributed by atoms with Crippen LogP contribution >= 0.6 is 35.3 Å². The Morgan fingerprint density at radius 2 is 1.04 bits per heavy atom. The molecule has 152 valence electrons. The Hall–Kier alpha value is -0.410. The smallest absolute Gasteiger partial charge is 0.194 e. The van der Waals surface area contributed by atoms with Crippen LogP contribution in [0.15, 0.2) is 41.9 Å². The lowest BCUT2D eigenvalue weighted by atomic mass is 9.55. The minimum Gasteiger partial charge on any atom is -0.194 e. The number of allylic oxidation sites excluding steroid dienone is 6. The number of hydrogen-bond acceptors (Lipinski definition) is 3. The van der Waals surface area contributed by atoms with E-state index in [1.54, 1.807) is 39.5 Å². The molecule has 2 atom stereocenters. The minimum absolute atomic E-state index is 0.0154. The maximum atomic E-state index is 14.9. The number of rotatable bonds is 0. The maximum absolute atomic E-state index is 14.9. The molecule has 0 aromatic heterocycles. The van der Waals surface area contributed by atoms with E-state index in [1.165, 1.54) is 0 Å². The highest BCUT2D eigenvalue weighted by atomic mass is 32.2. The molecule has 0 aromatic rings. The highest BCUT2D eigenvalue weighted by Crippen LogP contribution is 2.80. The average Bonchev–Trinajstić information content (AvgIpc) is 2.97. The van der Waals surface area contributed by atoms with E-state index >= 15 is 0 Å². The molecule has 3 aliphatic heterocycles. The molecule has 2 unspecified atom stereocenters. The van der Waals surface area contributed by atoms with Gasteiger partial charge in [0.15, 0.2) is 0 Å². The van der Waals surface area contributed by atoms with Gasteiger partial charge >= 0.3 is 17.8 Å². The van der Waals surface area contributed by atoms with Gasteiger partial charge < -0.3 is 0 Å². The van der Waals surface area contributed by atoms with Gasteiger partial charge in [0.05, 0.1) is 0 Å². The largest absolute Gasteiger partial charge is 0.380 e. The lowest BCUT2D eigenvalue weighted by Gasteiger charge is -2.49. The van der Waals surface area contributed by atoms with Crippen LogP contribution in [0, 0.1) is 10.8 Å². The van der Waals surface area contributed by atoms with Gasteiger partial charge in [-0.3, -0.25) is 0 Å². The number of halogens is 6. The van der Waals surface area contributed by atoms with E-state index in [0.29, 0.717) is 11.5 Å². The number of hydrogen-bond donors (Lipinski definition) is 0. The Morgan fingerprint density at radius 1 is 0.679 bits per heavy atom. The molecule has 28 heavy (non-hydrogen) atoms. The predicted octanol–water partition coefficient (Wildman–Crippen LogP) is 7.23. The van der Waals surface area contributed by atoms with Crippen LogP contribution in [0.25, 0.3) is 0 Å². The van der Waals surface area contributed by atoms with Crippen LogP contribution in [0.5, 0.6) is 0 Å². The molecular weight excluding hydrogens is 438 g/mol. The normalized spacial score (nSPS) is 39.6. The molecule has 3 heterocycles. The second-order valence-electron chi connectivity index (χ2n) is 8.15. The molecule has 2 aliphatic carbocycles. The van der Waals surface area contributed by atoms with Crippen molar-refractivity contribution in [1.82, 2.24) is 0 Å². The van der Waals surface area contributed by atoms with Gasteiger partial charge in [0.25, 0.3) is 0 Å². The first-order valence-corrected chi connectivity index (χ1v) is 11.5. The van der Waals surface area contributed by atoms with Crippen molar-refractivity contribution in [3.05, 3.63) is 41.9 Å². The second kappa shape index (κ2) is 5.07. The fourth-order valence-corrected chi connectivity index (χ4v) is 10.2. The molecule has 0 amide bonds. The van der Waals surface area contributed by atoms with Crippen LogP contribution in [-0.2, 0) is 0 Å². The summed E-state index contributed by atoms with van der Waals surface area (Å²) >= 11 is 3.58. The van der Waals surface area contributed by atoms with Gasteiger partial charge in [-0.1, -0.05) is 23.5 Å². The summed E-state index contributed by atoms with van der Waals surface area (Å²) in [7, 11) is 0. The fourth-order valence-electron chi connectivity index (χ4n) is 5.36. The van der Waals surface area contributed by atoms with Gasteiger partial charge in [0, 0.05) is 43.3 Å². The molecule has 0 radical (unpaired) electrons. The molecule has 5 aliphatic rings. The first-order valence-electron chi connectivity index (χ1n) is 8.73. The molecule has 2 fully saturated rings. The van der Waals surface area contributed by atoms with Crippen LogP contribution in [0.4, 0.5) is 26.3 Å². The van der Waals surface area contributed by atoms with Crippen molar-refractivity contribution in [2.45, 2.75) is 45.5 Å². The summed E-state index contributed by atoms with van der Waals surface area (Å²) in [5.74, 6) is -14.1. The fraction of sp³-hybridized carbons (Fsp3) is 0.579. The van der Waals surface area contributed by atoms with Crippen molar-refractivity contribution in [1.29, 1.82) is 0 Å². The molecule has 0 nitrogen and oxygen atoms in total. The summed E-state index contributed by atoms with van der Waals surface area (Å²) in [6.07, 6.45) is 0. The van der Waals surface area contributed by atoms with E-state index in [0.717, 1.165) is 44.5 Å². The second-order valence-corrected chi connectivity index (χ2v) is 11.6. The van der Waals surface area contributed by atoms with Gasteiger partial charge in [0.2, 0.25) is 0 Å². The number of thioether (sulfide) groups is 3. The number of fused-ring (bicyclic) bond motifs is 1. The lowest BCUT2D eigenvalue weighted by Crippen LogP contribution is -2.47. The predicted molar refractivity (Wildman–Crippen MR) is 103 cm³/mol. The Bertz CT molecular complexity index is 910. The summed E-state index contributed by atoms with van der Waals surface area (Å²) in [6.45, 7) is 7.10. The first-order chi connectivity index (χ1) is 12.8. The third-order valence-electron chi connectivity index (χ3n) is 7.09. The van der Waals surface area contributed by atoms with E-state index < -0.39 is 39.7 Å². The van der Waals surface area contributed by atoms with Gasteiger partial charge in [-0.15, -0.1) is 0 Å². The molecule has 0 N–H and O–H groups in total. The third-order valence-corrected chi connectivity index (χ3v) is 10.8. The van der Waals surface area contributed by atoms with Crippen molar-refractivity contribution in [2.24, 2.45) is 10.8 Å². The Kier molecular flexibility index (Phi) is 3.54. The van der Waals surface area contributed by atoms with Gasteiger partial charge in [0.1, 0.15) is 0 Å². The van der Waals surface area contributed by atoms with E-state index in [2.05, 4.69) is 0 Å². The lowest BCUT2D eigenvalue weighted by molar-refractivity contribution is -0.258. The van der Waals surface area contributed by atoms with Gasteiger partial charge in [-0.25, -0.2) is 0 Å². The van der Waals surface area contributed by atoms with Gasteiger partial charge in [-0.05, 0) is 48.7 Å². The van der Waals surface area contributed by atoms with Crippen LogP contribution < -0.4 is 0 Å². The zero-order valence-electron chi connectivity index (χ0n) is 15.4. The Morgan fingerprint density at radius 3 is 1.39 bits per heavy atom. The molecule has 0 bridgehead atoms. The third kappa shape index (κ3) is 1.66. The Balaban J connectivity index is 1.99. The standard InChI is InChI=1S/C19H16F6S3/c1-7-9-5-26-6-10-8(2)28-14-12-11(13(27-7)15(9,3)16(10,14)4)17(20,21)19(24,25)18(12,22)23/h5-6H2,1-4H3. The molecule has 5 rings (SSSR count). The van der Waals surface area contributed by atoms with E-state index in [9.17, 15) is 26.3 Å². The molecule has 1 saturated carbocycles. The van der Waals surface area contributed by atoms with E-state index in [-0.39, 0.29) is 9.81 Å². The summed E-state index contributed by atoms with van der Waals surface area (Å²) < 4.78 is 88.6. The zero-order chi connectivity index (χ0) is 20.7. The van der Waals surface area contributed by atoms with Crippen molar-refractivity contribution >= 4 is 35.3 Å². The molecule has 1 saturated heterocycles.